The lowest BCUT2D eigenvalue weighted by Crippen LogP contribution is -2.10. The Bertz CT molecular complexity index is 3360. The first-order chi connectivity index (χ1) is 34.5. The lowest BCUT2D eigenvalue weighted by molar-refractivity contribution is 0.590. The molecule has 0 atom stereocenters. The van der Waals surface area contributed by atoms with E-state index in [4.69, 9.17) is 15.0 Å². The molecule has 0 spiro atoms. The van der Waals surface area contributed by atoms with E-state index in [9.17, 15) is 0 Å². The summed E-state index contributed by atoms with van der Waals surface area (Å²) in [7, 11) is 0. The Labute approximate surface area is 427 Å². The second-order valence-corrected chi connectivity index (χ2v) is 21.7. The Morgan fingerprint density at radius 3 is 0.764 bits per heavy atom. The third-order valence-electron chi connectivity index (χ3n) is 14.3. The Morgan fingerprint density at radius 2 is 0.472 bits per heavy atom. The zero-order valence-corrected chi connectivity index (χ0v) is 43.4. The SMILES string of the molecule is Cc1ccc(-c2nc(-c3cc(-c4cc(-c5ccccc5)cc(-c5ccc(C(C)(C)C)cc5)c4)cc(-c4cc(-c5ccccc5)cc(-c5ccc(C(C)(C)C)cc5)c4)c3)nc(-c3ccc(C)c(C)c3)n2)cc1C. The van der Waals surface area contributed by atoms with E-state index in [1.807, 2.05) is 0 Å². The van der Waals surface area contributed by atoms with Gasteiger partial charge in [0.15, 0.2) is 17.5 Å². The van der Waals surface area contributed by atoms with Crippen molar-refractivity contribution >= 4 is 0 Å². The highest BCUT2D eigenvalue weighted by Crippen LogP contribution is 2.41. The van der Waals surface area contributed by atoms with Gasteiger partial charge in [-0.05, 0) is 205 Å². The van der Waals surface area contributed by atoms with Crippen molar-refractivity contribution < 1.29 is 0 Å². The van der Waals surface area contributed by atoms with Crippen molar-refractivity contribution in [1.82, 2.24) is 15.0 Å². The van der Waals surface area contributed by atoms with E-state index in [1.54, 1.807) is 0 Å². The van der Waals surface area contributed by atoms with Crippen molar-refractivity contribution in [1.29, 1.82) is 0 Å². The highest BCUT2D eigenvalue weighted by Gasteiger charge is 2.20. The summed E-state index contributed by atoms with van der Waals surface area (Å²) in [5, 5.41) is 0. The minimum absolute atomic E-state index is 0.0469. The smallest absolute Gasteiger partial charge is 0.164 e. The van der Waals surface area contributed by atoms with E-state index in [-0.39, 0.29) is 10.8 Å². The van der Waals surface area contributed by atoms with Gasteiger partial charge in [0, 0.05) is 16.7 Å². The summed E-state index contributed by atoms with van der Waals surface area (Å²) in [5.74, 6) is 1.90. The third-order valence-corrected chi connectivity index (χ3v) is 14.3. The van der Waals surface area contributed by atoms with Crippen LogP contribution in [-0.4, -0.2) is 15.0 Å². The van der Waals surface area contributed by atoms with Crippen LogP contribution < -0.4 is 0 Å². The molecule has 10 rings (SSSR count). The van der Waals surface area contributed by atoms with Crippen LogP contribution in [0.4, 0.5) is 0 Å². The summed E-state index contributed by atoms with van der Waals surface area (Å²) in [5.41, 5.74) is 24.0. The van der Waals surface area contributed by atoms with Crippen LogP contribution >= 0.6 is 0 Å². The molecule has 0 aliphatic rings. The number of nitrogens with zero attached hydrogens (tertiary/aromatic N) is 3. The normalized spacial score (nSPS) is 11.8. The average Bonchev–Trinajstić information content (AvgIpc) is 3.39. The zero-order chi connectivity index (χ0) is 50.3. The molecule has 0 aliphatic carbocycles. The number of aromatic nitrogens is 3. The Kier molecular flexibility index (Phi) is 12.8. The van der Waals surface area contributed by atoms with Crippen LogP contribution in [0.25, 0.3) is 101 Å². The first-order valence-corrected chi connectivity index (χ1v) is 25.2. The summed E-state index contributed by atoms with van der Waals surface area (Å²) in [6.45, 7) is 22.2. The molecule has 0 saturated carbocycles. The number of benzene rings is 9. The van der Waals surface area contributed by atoms with E-state index in [1.165, 1.54) is 44.5 Å². The van der Waals surface area contributed by atoms with Crippen molar-refractivity contribution in [3.63, 3.8) is 0 Å². The molecular formula is C69H63N3. The number of hydrogen-bond acceptors (Lipinski definition) is 3. The highest BCUT2D eigenvalue weighted by molar-refractivity contribution is 5.88. The second-order valence-electron chi connectivity index (χ2n) is 21.7. The lowest BCUT2D eigenvalue weighted by Gasteiger charge is -2.20. The summed E-state index contributed by atoms with van der Waals surface area (Å²) >= 11 is 0. The van der Waals surface area contributed by atoms with Crippen LogP contribution in [0, 0.1) is 27.7 Å². The van der Waals surface area contributed by atoms with Crippen molar-refractivity contribution in [3.8, 4) is 101 Å². The van der Waals surface area contributed by atoms with Crippen LogP contribution in [0.5, 0.6) is 0 Å². The monoisotopic (exact) mass is 934 g/mol. The summed E-state index contributed by atoms with van der Waals surface area (Å²) in [6, 6.07) is 73.5. The topological polar surface area (TPSA) is 38.7 Å². The van der Waals surface area contributed by atoms with Gasteiger partial charge in [-0.15, -0.1) is 0 Å². The minimum atomic E-state index is 0.0469. The number of aryl methyl sites for hydroxylation is 4. The van der Waals surface area contributed by atoms with Crippen molar-refractivity contribution in [2.45, 2.75) is 80.1 Å². The van der Waals surface area contributed by atoms with E-state index in [2.05, 4.69) is 269 Å². The Hall–Kier alpha value is -8.01. The summed E-state index contributed by atoms with van der Waals surface area (Å²) < 4.78 is 0. The molecule has 72 heavy (non-hydrogen) atoms. The molecule has 0 aliphatic heterocycles. The van der Waals surface area contributed by atoms with E-state index in [0.29, 0.717) is 17.5 Å². The maximum atomic E-state index is 5.37. The number of hydrogen-bond donors (Lipinski definition) is 0. The minimum Gasteiger partial charge on any atom is -0.208 e. The van der Waals surface area contributed by atoms with Crippen LogP contribution in [0.3, 0.4) is 0 Å². The first kappa shape index (κ1) is 47.7. The fourth-order valence-corrected chi connectivity index (χ4v) is 9.46. The van der Waals surface area contributed by atoms with E-state index in [0.717, 1.165) is 72.3 Å². The molecule has 0 saturated heterocycles. The van der Waals surface area contributed by atoms with Gasteiger partial charge in [-0.1, -0.05) is 175 Å². The second kappa shape index (κ2) is 19.3. The van der Waals surface area contributed by atoms with Gasteiger partial charge >= 0.3 is 0 Å². The van der Waals surface area contributed by atoms with Gasteiger partial charge in [0.2, 0.25) is 0 Å². The molecule has 1 aromatic heterocycles. The molecule has 9 aromatic carbocycles. The molecule has 0 radical (unpaired) electrons. The molecule has 0 unspecified atom stereocenters. The standard InChI is InChI=1S/C69H63N3/c1-44-21-23-52(33-46(44)3)65-70-66(53-24-22-45(2)47(4)34-53)72-67(71-65)62-42-60(58-37-54(48-17-13-11-14-18-48)35-56(39-58)50-25-29-63(30-26-50)68(5,6)7)41-61(43-62)59-38-55(49-19-15-12-16-20-49)36-57(40-59)51-27-31-64(32-28-51)69(8,9)10/h11-43H,1-10H3. The molecule has 0 fully saturated rings. The fourth-order valence-electron chi connectivity index (χ4n) is 9.46. The van der Waals surface area contributed by atoms with Crippen molar-refractivity contribution in [3.05, 3.63) is 234 Å². The quantitative estimate of drug-likeness (QED) is 0.145. The van der Waals surface area contributed by atoms with Crippen LogP contribution in [0.1, 0.15) is 74.9 Å². The molecule has 0 bridgehead atoms. The van der Waals surface area contributed by atoms with Gasteiger partial charge in [-0.3, -0.25) is 0 Å². The van der Waals surface area contributed by atoms with Crippen LogP contribution in [0.15, 0.2) is 200 Å². The molecule has 3 heteroatoms. The molecule has 0 amide bonds. The predicted molar refractivity (Wildman–Crippen MR) is 305 cm³/mol. The Balaban J connectivity index is 1.24. The van der Waals surface area contributed by atoms with Gasteiger partial charge < -0.3 is 0 Å². The molecule has 1 heterocycles. The molecule has 10 aromatic rings. The largest absolute Gasteiger partial charge is 0.208 e. The van der Waals surface area contributed by atoms with Crippen LogP contribution in [0.2, 0.25) is 0 Å². The average molecular weight is 934 g/mol. The van der Waals surface area contributed by atoms with Crippen molar-refractivity contribution in [2.75, 3.05) is 0 Å². The zero-order valence-electron chi connectivity index (χ0n) is 43.4. The molecular weight excluding hydrogens is 871 g/mol. The van der Waals surface area contributed by atoms with E-state index >= 15 is 0 Å². The van der Waals surface area contributed by atoms with Crippen molar-refractivity contribution in [2.24, 2.45) is 0 Å². The Morgan fingerprint density at radius 1 is 0.222 bits per heavy atom. The lowest BCUT2D eigenvalue weighted by atomic mass is 9.85. The molecule has 3 nitrogen and oxygen atoms in total. The first-order valence-electron chi connectivity index (χ1n) is 25.2. The van der Waals surface area contributed by atoms with Gasteiger partial charge in [-0.2, -0.15) is 0 Å². The van der Waals surface area contributed by atoms with Crippen LogP contribution in [-0.2, 0) is 10.8 Å². The summed E-state index contributed by atoms with van der Waals surface area (Å²) in [6.07, 6.45) is 0. The molecule has 0 N–H and O–H groups in total. The maximum absolute atomic E-state index is 5.37. The third kappa shape index (κ3) is 10.2. The summed E-state index contributed by atoms with van der Waals surface area (Å²) in [4.78, 5) is 16.0. The molecule has 354 valence electrons. The predicted octanol–water partition coefficient (Wildman–Crippen LogP) is 18.7. The fraction of sp³-hybridized carbons (Fsp3) is 0.174. The van der Waals surface area contributed by atoms with Gasteiger partial charge in [0.25, 0.3) is 0 Å². The van der Waals surface area contributed by atoms with Gasteiger partial charge in [-0.25, -0.2) is 15.0 Å². The maximum Gasteiger partial charge on any atom is 0.164 e. The highest BCUT2D eigenvalue weighted by atomic mass is 15.0. The van der Waals surface area contributed by atoms with Gasteiger partial charge in [0.05, 0.1) is 0 Å². The van der Waals surface area contributed by atoms with E-state index < -0.39 is 0 Å². The number of rotatable bonds is 9. The van der Waals surface area contributed by atoms with Gasteiger partial charge in [0.1, 0.15) is 0 Å².